The van der Waals surface area contributed by atoms with E-state index in [0.717, 1.165) is 0 Å². The predicted octanol–water partition coefficient (Wildman–Crippen LogP) is 5.03. The molecule has 21 heavy (non-hydrogen) atoms. The van der Waals surface area contributed by atoms with Gasteiger partial charge in [0.1, 0.15) is 0 Å². The molecule has 5 nitrogen and oxygen atoms in total. The minimum absolute atomic E-state index is 0.0708. The van der Waals surface area contributed by atoms with Crippen LogP contribution in [0, 0.1) is 10.1 Å². The van der Waals surface area contributed by atoms with E-state index in [1.165, 1.54) is 24.3 Å². The van der Waals surface area contributed by atoms with Gasteiger partial charge in [-0.05, 0) is 46.3 Å². The smallest absolute Gasteiger partial charge is 0.283 e. The first-order valence-corrected chi connectivity index (χ1v) is 7.54. The van der Waals surface area contributed by atoms with E-state index in [-0.39, 0.29) is 16.1 Å². The molecule has 2 rings (SSSR count). The van der Waals surface area contributed by atoms with Gasteiger partial charge in [-0.3, -0.25) is 14.9 Å². The standard InChI is InChI=1S/C13H7Br2ClN2O3/c14-8-3-7(4-9(16)5-8)13(19)17-10-1-2-12(18(20)21)11(15)6-10/h1-6H,(H,17,19). The third kappa shape index (κ3) is 4.03. The molecule has 0 saturated heterocycles. The van der Waals surface area contributed by atoms with Crippen LogP contribution >= 0.6 is 43.5 Å². The van der Waals surface area contributed by atoms with Crippen LogP contribution < -0.4 is 5.32 Å². The number of benzene rings is 2. The molecule has 0 aliphatic rings. The topological polar surface area (TPSA) is 72.2 Å². The zero-order chi connectivity index (χ0) is 15.6. The van der Waals surface area contributed by atoms with E-state index < -0.39 is 4.92 Å². The van der Waals surface area contributed by atoms with Gasteiger partial charge in [0, 0.05) is 26.8 Å². The second-order valence-electron chi connectivity index (χ2n) is 4.04. The molecule has 0 heterocycles. The number of halogens is 3. The van der Waals surface area contributed by atoms with Gasteiger partial charge in [0.15, 0.2) is 0 Å². The van der Waals surface area contributed by atoms with Crippen LogP contribution in [0.25, 0.3) is 0 Å². The van der Waals surface area contributed by atoms with E-state index in [0.29, 0.717) is 20.7 Å². The van der Waals surface area contributed by atoms with Gasteiger partial charge in [-0.25, -0.2) is 0 Å². The molecule has 0 spiro atoms. The summed E-state index contributed by atoms with van der Waals surface area (Å²) in [4.78, 5) is 22.3. The number of hydrogen-bond acceptors (Lipinski definition) is 3. The molecule has 2 aromatic carbocycles. The zero-order valence-electron chi connectivity index (χ0n) is 10.3. The number of hydrogen-bond donors (Lipinski definition) is 1. The number of amides is 1. The lowest BCUT2D eigenvalue weighted by atomic mass is 10.2. The highest BCUT2D eigenvalue weighted by molar-refractivity contribution is 9.10. The fraction of sp³-hybridized carbons (Fsp3) is 0. The molecule has 0 aromatic heterocycles. The Balaban J connectivity index is 2.23. The predicted molar refractivity (Wildman–Crippen MR) is 87.9 cm³/mol. The quantitative estimate of drug-likeness (QED) is 0.544. The highest BCUT2D eigenvalue weighted by Gasteiger charge is 2.13. The van der Waals surface area contributed by atoms with E-state index in [2.05, 4.69) is 37.2 Å². The summed E-state index contributed by atoms with van der Waals surface area (Å²) in [5.41, 5.74) is 0.746. The van der Waals surface area contributed by atoms with Crippen LogP contribution in [-0.4, -0.2) is 10.8 Å². The number of carbonyl (C=O) groups excluding carboxylic acids is 1. The summed E-state index contributed by atoms with van der Waals surface area (Å²) < 4.78 is 0.975. The van der Waals surface area contributed by atoms with Crippen LogP contribution in [0.3, 0.4) is 0 Å². The highest BCUT2D eigenvalue weighted by atomic mass is 79.9. The van der Waals surface area contributed by atoms with E-state index in [9.17, 15) is 14.9 Å². The molecule has 108 valence electrons. The summed E-state index contributed by atoms with van der Waals surface area (Å²) in [6, 6.07) is 9.06. The highest BCUT2D eigenvalue weighted by Crippen LogP contribution is 2.28. The Kier molecular flexibility index (Phi) is 4.97. The first-order valence-electron chi connectivity index (χ1n) is 5.58. The van der Waals surface area contributed by atoms with Crippen LogP contribution in [0.5, 0.6) is 0 Å². The van der Waals surface area contributed by atoms with Gasteiger partial charge in [-0.2, -0.15) is 0 Å². The Morgan fingerprint density at radius 3 is 2.48 bits per heavy atom. The molecule has 0 bridgehead atoms. The molecule has 0 saturated carbocycles. The van der Waals surface area contributed by atoms with Gasteiger partial charge >= 0.3 is 0 Å². The van der Waals surface area contributed by atoms with Crippen LogP contribution in [0.4, 0.5) is 11.4 Å². The van der Waals surface area contributed by atoms with Crippen molar-refractivity contribution in [2.75, 3.05) is 5.32 Å². The molecule has 0 unspecified atom stereocenters. The summed E-state index contributed by atoms with van der Waals surface area (Å²) in [6.07, 6.45) is 0. The van der Waals surface area contributed by atoms with Crippen molar-refractivity contribution < 1.29 is 9.72 Å². The van der Waals surface area contributed by atoms with Gasteiger partial charge in [-0.1, -0.05) is 27.5 Å². The Labute approximate surface area is 141 Å². The van der Waals surface area contributed by atoms with E-state index in [1.54, 1.807) is 12.1 Å². The van der Waals surface area contributed by atoms with Crippen molar-refractivity contribution in [3.8, 4) is 0 Å². The number of carbonyl (C=O) groups is 1. The van der Waals surface area contributed by atoms with Gasteiger partial charge in [0.2, 0.25) is 0 Å². The molecule has 0 radical (unpaired) electrons. The van der Waals surface area contributed by atoms with Crippen molar-refractivity contribution in [3.63, 3.8) is 0 Å². The second-order valence-corrected chi connectivity index (χ2v) is 6.24. The van der Waals surface area contributed by atoms with Crippen molar-refractivity contribution in [2.45, 2.75) is 0 Å². The van der Waals surface area contributed by atoms with Gasteiger partial charge < -0.3 is 5.32 Å². The second kappa shape index (κ2) is 6.55. The van der Waals surface area contributed by atoms with Crippen LogP contribution in [0.2, 0.25) is 5.02 Å². The molecular weight excluding hydrogens is 427 g/mol. The number of nitrogens with zero attached hydrogens (tertiary/aromatic N) is 1. The molecule has 1 N–H and O–H groups in total. The average Bonchev–Trinajstić information content (AvgIpc) is 2.37. The number of nitro benzene ring substituents is 1. The minimum Gasteiger partial charge on any atom is -0.322 e. The average molecular weight is 434 g/mol. The monoisotopic (exact) mass is 432 g/mol. The maximum Gasteiger partial charge on any atom is 0.283 e. The van der Waals surface area contributed by atoms with Crippen LogP contribution in [-0.2, 0) is 0 Å². The number of nitro groups is 1. The van der Waals surface area contributed by atoms with Crippen LogP contribution in [0.15, 0.2) is 45.3 Å². The van der Waals surface area contributed by atoms with E-state index in [1.807, 2.05) is 0 Å². The molecule has 1 amide bonds. The summed E-state index contributed by atoms with van der Waals surface area (Å²) in [6.45, 7) is 0. The Morgan fingerprint density at radius 2 is 1.90 bits per heavy atom. The van der Waals surface area contributed by atoms with Gasteiger partial charge in [0.05, 0.1) is 9.40 Å². The SMILES string of the molecule is O=C(Nc1ccc([N+](=O)[O-])c(Br)c1)c1cc(Cl)cc(Br)c1. The fourth-order valence-corrected chi connectivity index (χ4v) is 3.00. The molecule has 0 aliphatic carbocycles. The normalized spacial score (nSPS) is 10.2. The molecule has 8 heteroatoms. The Hall–Kier alpha value is -1.44. The summed E-state index contributed by atoms with van der Waals surface area (Å²) in [5.74, 6) is -0.362. The zero-order valence-corrected chi connectivity index (χ0v) is 14.2. The number of rotatable bonds is 3. The van der Waals surface area contributed by atoms with Gasteiger partial charge in [-0.15, -0.1) is 0 Å². The first kappa shape index (κ1) is 15.9. The maximum atomic E-state index is 12.1. The Bertz CT molecular complexity index is 717. The molecular formula is C13H7Br2ClN2O3. The summed E-state index contributed by atoms with van der Waals surface area (Å²) in [7, 11) is 0. The van der Waals surface area contributed by atoms with Crippen molar-refractivity contribution in [2.24, 2.45) is 0 Å². The van der Waals surface area contributed by atoms with E-state index in [4.69, 9.17) is 11.6 Å². The Morgan fingerprint density at radius 1 is 1.19 bits per heavy atom. The maximum absolute atomic E-state index is 12.1. The van der Waals surface area contributed by atoms with E-state index >= 15 is 0 Å². The minimum atomic E-state index is -0.510. The summed E-state index contributed by atoms with van der Waals surface area (Å²) >= 11 is 12.2. The van der Waals surface area contributed by atoms with Crippen molar-refractivity contribution >= 4 is 60.7 Å². The fourth-order valence-electron chi connectivity index (χ4n) is 1.62. The largest absolute Gasteiger partial charge is 0.322 e. The number of nitrogens with one attached hydrogen (secondary N) is 1. The summed E-state index contributed by atoms with van der Waals surface area (Å²) in [5, 5.41) is 13.8. The third-order valence-electron chi connectivity index (χ3n) is 2.53. The lowest BCUT2D eigenvalue weighted by molar-refractivity contribution is -0.385. The van der Waals surface area contributed by atoms with Gasteiger partial charge in [0.25, 0.3) is 11.6 Å². The third-order valence-corrected chi connectivity index (χ3v) is 3.84. The number of anilines is 1. The first-order chi connectivity index (χ1) is 9.86. The van der Waals surface area contributed by atoms with Crippen molar-refractivity contribution in [1.82, 2.24) is 0 Å². The molecule has 0 fully saturated rings. The lowest BCUT2D eigenvalue weighted by Gasteiger charge is -2.07. The van der Waals surface area contributed by atoms with Crippen molar-refractivity contribution in [3.05, 3.63) is 66.0 Å². The molecule has 0 atom stereocenters. The molecule has 2 aromatic rings. The molecule has 0 aliphatic heterocycles. The lowest BCUT2D eigenvalue weighted by Crippen LogP contribution is -2.12. The van der Waals surface area contributed by atoms with Crippen LogP contribution in [0.1, 0.15) is 10.4 Å². The van der Waals surface area contributed by atoms with Crippen molar-refractivity contribution in [1.29, 1.82) is 0 Å².